The number of nitrogens with zero attached hydrogens (tertiary/aromatic N) is 3. The highest BCUT2D eigenvalue weighted by atomic mass is 19.4. The van der Waals surface area contributed by atoms with Gasteiger partial charge in [0.2, 0.25) is 0 Å². The van der Waals surface area contributed by atoms with Crippen molar-refractivity contribution in [3.63, 3.8) is 0 Å². The minimum absolute atomic E-state index is 0.369. The van der Waals surface area contributed by atoms with E-state index < -0.39 is 11.7 Å². The van der Waals surface area contributed by atoms with Crippen LogP contribution in [0, 0.1) is 6.92 Å². The summed E-state index contributed by atoms with van der Waals surface area (Å²) in [5, 5.41) is 3.05. The number of hydrogen-bond acceptors (Lipinski definition) is 4. The molecule has 0 bridgehead atoms. The van der Waals surface area contributed by atoms with Gasteiger partial charge in [0.05, 0.1) is 22.6 Å². The van der Waals surface area contributed by atoms with Crippen molar-refractivity contribution < 1.29 is 13.2 Å². The Morgan fingerprint density at radius 2 is 1.65 bits per heavy atom. The number of halogens is 3. The molecule has 0 fully saturated rings. The normalized spacial score (nSPS) is 11.6. The third-order valence-corrected chi connectivity index (χ3v) is 2.60. The predicted molar refractivity (Wildman–Crippen MR) is 66.6 cm³/mol. The largest absolute Gasteiger partial charge is 0.417 e. The molecule has 0 radical (unpaired) electrons. The summed E-state index contributed by atoms with van der Waals surface area (Å²) >= 11 is 0. The van der Waals surface area contributed by atoms with Crippen LogP contribution < -0.4 is 5.32 Å². The van der Waals surface area contributed by atoms with E-state index in [2.05, 4.69) is 20.3 Å². The Morgan fingerprint density at radius 1 is 0.950 bits per heavy atom. The summed E-state index contributed by atoms with van der Waals surface area (Å²) in [4.78, 5) is 12.0. The fraction of sp³-hybridized carbons (Fsp3) is 0.308. The summed E-state index contributed by atoms with van der Waals surface area (Å²) in [6, 6.07) is 2.38. The van der Waals surface area contributed by atoms with E-state index in [1.54, 1.807) is 12.4 Å². The first-order valence-electron chi connectivity index (χ1n) is 5.95. The Balaban J connectivity index is 1.87. The Hall–Kier alpha value is -2.02. The third-order valence-electron chi connectivity index (χ3n) is 2.60. The van der Waals surface area contributed by atoms with Crippen LogP contribution in [0.5, 0.6) is 0 Å². The minimum Gasteiger partial charge on any atom is -0.305 e. The molecular weight excluding hydrogens is 269 g/mol. The molecule has 0 unspecified atom stereocenters. The van der Waals surface area contributed by atoms with Crippen LogP contribution >= 0.6 is 0 Å². The molecule has 0 aromatic carbocycles. The van der Waals surface area contributed by atoms with Crippen molar-refractivity contribution >= 4 is 0 Å². The summed E-state index contributed by atoms with van der Waals surface area (Å²) in [6.45, 7) is 2.69. The Bertz CT molecular complexity index is 549. The average Bonchev–Trinajstić information content (AvgIpc) is 2.41. The molecule has 0 saturated heterocycles. The fourth-order valence-corrected chi connectivity index (χ4v) is 1.53. The average molecular weight is 282 g/mol. The molecule has 0 aliphatic heterocycles. The maximum Gasteiger partial charge on any atom is 0.417 e. The SMILES string of the molecule is Cc1cnc(CNCc2ccc(C(F)(F)F)cn2)cn1. The second kappa shape index (κ2) is 5.96. The standard InChI is InChI=1S/C13H13F3N4/c1-9-4-19-12(8-18-9)7-17-6-11-3-2-10(5-20-11)13(14,15)16/h2-5,8,17H,6-7H2,1H3. The first kappa shape index (κ1) is 14.4. The minimum atomic E-state index is -4.35. The third kappa shape index (κ3) is 3.99. The molecule has 2 aromatic rings. The van der Waals surface area contributed by atoms with Crippen LogP contribution in [0.1, 0.15) is 22.6 Å². The topological polar surface area (TPSA) is 50.7 Å². The van der Waals surface area contributed by atoms with Crippen LogP contribution in [0.4, 0.5) is 13.2 Å². The zero-order valence-electron chi connectivity index (χ0n) is 10.8. The van der Waals surface area contributed by atoms with Gasteiger partial charge >= 0.3 is 6.18 Å². The van der Waals surface area contributed by atoms with Gasteiger partial charge < -0.3 is 5.32 Å². The number of pyridine rings is 1. The number of aryl methyl sites for hydroxylation is 1. The zero-order chi connectivity index (χ0) is 14.6. The van der Waals surface area contributed by atoms with Gasteiger partial charge in [-0.3, -0.25) is 15.0 Å². The van der Waals surface area contributed by atoms with Gasteiger partial charge in [-0.1, -0.05) is 0 Å². The molecule has 0 amide bonds. The van der Waals surface area contributed by atoms with Gasteiger partial charge in [0.1, 0.15) is 0 Å². The van der Waals surface area contributed by atoms with Gasteiger partial charge in [-0.25, -0.2) is 0 Å². The highest BCUT2D eigenvalue weighted by Crippen LogP contribution is 2.28. The molecule has 4 nitrogen and oxygen atoms in total. The molecule has 2 aromatic heterocycles. The highest BCUT2D eigenvalue weighted by molar-refractivity contribution is 5.16. The van der Waals surface area contributed by atoms with Crippen molar-refractivity contribution in [2.24, 2.45) is 0 Å². The summed E-state index contributed by atoms with van der Waals surface area (Å²) in [6.07, 6.45) is -0.199. The molecule has 0 aliphatic carbocycles. The van der Waals surface area contributed by atoms with Crippen LogP contribution in [-0.2, 0) is 19.3 Å². The molecule has 0 atom stereocenters. The summed E-state index contributed by atoms with van der Waals surface area (Å²) in [5.41, 5.74) is 1.39. The van der Waals surface area contributed by atoms with E-state index in [0.29, 0.717) is 18.8 Å². The van der Waals surface area contributed by atoms with Crippen molar-refractivity contribution in [3.8, 4) is 0 Å². The number of hydrogen-bond donors (Lipinski definition) is 1. The molecule has 1 N–H and O–H groups in total. The molecule has 0 aliphatic rings. The molecule has 7 heteroatoms. The summed E-state index contributed by atoms with van der Waals surface area (Å²) < 4.78 is 37.1. The molecule has 106 valence electrons. The molecule has 20 heavy (non-hydrogen) atoms. The van der Waals surface area contributed by atoms with Gasteiger partial charge in [0, 0.05) is 31.7 Å². The maximum absolute atomic E-state index is 12.4. The van der Waals surface area contributed by atoms with E-state index in [0.717, 1.165) is 23.7 Å². The van der Waals surface area contributed by atoms with Gasteiger partial charge in [0.25, 0.3) is 0 Å². The van der Waals surface area contributed by atoms with Crippen LogP contribution in [0.25, 0.3) is 0 Å². The second-order valence-corrected chi connectivity index (χ2v) is 4.29. The summed E-state index contributed by atoms with van der Waals surface area (Å²) in [5.74, 6) is 0. The fourth-order valence-electron chi connectivity index (χ4n) is 1.53. The van der Waals surface area contributed by atoms with E-state index >= 15 is 0 Å². The van der Waals surface area contributed by atoms with E-state index in [1.807, 2.05) is 6.92 Å². The maximum atomic E-state index is 12.4. The highest BCUT2D eigenvalue weighted by Gasteiger charge is 2.30. The first-order chi connectivity index (χ1) is 9.45. The monoisotopic (exact) mass is 282 g/mol. The van der Waals surface area contributed by atoms with Crippen molar-refractivity contribution in [1.29, 1.82) is 0 Å². The quantitative estimate of drug-likeness (QED) is 0.936. The molecule has 2 heterocycles. The lowest BCUT2D eigenvalue weighted by molar-refractivity contribution is -0.137. The molecule has 0 spiro atoms. The number of aromatic nitrogens is 3. The predicted octanol–water partition coefficient (Wildman–Crippen LogP) is 2.49. The van der Waals surface area contributed by atoms with Crippen LogP contribution in [0.3, 0.4) is 0 Å². The van der Waals surface area contributed by atoms with E-state index in [4.69, 9.17) is 0 Å². The molecule has 2 rings (SSSR count). The lowest BCUT2D eigenvalue weighted by Gasteiger charge is -2.07. The van der Waals surface area contributed by atoms with Crippen molar-refractivity contribution in [1.82, 2.24) is 20.3 Å². The van der Waals surface area contributed by atoms with Crippen molar-refractivity contribution in [2.45, 2.75) is 26.2 Å². The van der Waals surface area contributed by atoms with Crippen molar-refractivity contribution in [3.05, 3.63) is 53.4 Å². The van der Waals surface area contributed by atoms with Crippen LogP contribution in [0.2, 0.25) is 0 Å². The zero-order valence-corrected chi connectivity index (χ0v) is 10.8. The molecular formula is C13H13F3N4. The van der Waals surface area contributed by atoms with E-state index in [9.17, 15) is 13.2 Å². The van der Waals surface area contributed by atoms with Gasteiger partial charge in [0.15, 0.2) is 0 Å². The Morgan fingerprint density at radius 3 is 2.20 bits per heavy atom. The first-order valence-corrected chi connectivity index (χ1v) is 5.95. The smallest absolute Gasteiger partial charge is 0.305 e. The van der Waals surface area contributed by atoms with E-state index in [1.165, 1.54) is 6.07 Å². The summed E-state index contributed by atoms with van der Waals surface area (Å²) in [7, 11) is 0. The van der Waals surface area contributed by atoms with Crippen LogP contribution in [-0.4, -0.2) is 15.0 Å². The van der Waals surface area contributed by atoms with Gasteiger partial charge in [-0.2, -0.15) is 13.2 Å². The molecule has 0 saturated carbocycles. The van der Waals surface area contributed by atoms with Crippen LogP contribution in [0.15, 0.2) is 30.7 Å². The number of nitrogens with one attached hydrogen (secondary N) is 1. The Kier molecular flexibility index (Phi) is 4.29. The van der Waals surface area contributed by atoms with Crippen molar-refractivity contribution in [2.75, 3.05) is 0 Å². The lowest BCUT2D eigenvalue weighted by Crippen LogP contribution is -2.15. The van der Waals surface area contributed by atoms with E-state index in [-0.39, 0.29) is 0 Å². The number of rotatable bonds is 4. The van der Waals surface area contributed by atoms with Gasteiger partial charge in [-0.05, 0) is 19.1 Å². The second-order valence-electron chi connectivity index (χ2n) is 4.29. The lowest BCUT2D eigenvalue weighted by atomic mass is 10.2. The van der Waals surface area contributed by atoms with Gasteiger partial charge in [-0.15, -0.1) is 0 Å². The Labute approximate surface area is 114 Å². The number of alkyl halides is 3.